The number of hydrogen-bond acceptors (Lipinski definition) is 5. The molecule has 1 amide bonds. The second-order valence-electron chi connectivity index (χ2n) is 6.55. The number of aromatic amines is 2. The summed E-state index contributed by atoms with van der Waals surface area (Å²) in [5, 5.41) is 10.9. The minimum absolute atomic E-state index is 0.146. The number of H-pyrrole nitrogens is 2. The highest BCUT2D eigenvalue weighted by Gasteiger charge is 2.12. The van der Waals surface area contributed by atoms with Gasteiger partial charge in [-0.1, -0.05) is 24.3 Å². The van der Waals surface area contributed by atoms with Crippen molar-refractivity contribution in [1.29, 1.82) is 0 Å². The lowest BCUT2D eigenvalue weighted by atomic mass is 10.0. The van der Waals surface area contributed by atoms with Crippen LogP contribution in [0.5, 0.6) is 0 Å². The Balaban J connectivity index is 1.73. The highest BCUT2D eigenvalue weighted by Crippen LogP contribution is 2.27. The third kappa shape index (κ3) is 3.30. The number of nitrogens with zero attached hydrogens (tertiary/aromatic N) is 3. The molecule has 0 atom stereocenters. The lowest BCUT2D eigenvalue weighted by Gasteiger charge is -2.07. The van der Waals surface area contributed by atoms with E-state index in [1.807, 2.05) is 50.5 Å². The maximum Gasteiger partial charge on any atom is 0.272 e. The van der Waals surface area contributed by atoms with Crippen LogP contribution in [-0.2, 0) is 4.79 Å². The predicted octanol–water partition coefficient (Wildman–Crippen LogP) is 1.97. The summed E-state index contributed by atoms with van der Waals surface area (Å²) in [6, 6.07) is 13.0. The number of hydrogen-bond donors (Lipinski definition) is 3. The van der Waals surface area contributed by atoms with Crippen LogP contribution in [0.2, 0.25) is 0 Å². The predicted molar refractivity (Wildman–Crippen MR) is 105 cm³/mol. The number of aromatic nitrogens is 4. The van der Waals surface area contributed by atoms with Crippen molar-refractivity contribution in [2.45, 2.75) is 0 Å². The van der Waals surface area contributed by atoms with Gasteiger partial charge in [0.2, 0.25) is 11.9 Å². The molecule has 2 aromatic carbocycles. The standard InChI is InChI=1S/C19H18N6O2/c1-25(2)10-16(26)22-19-20-14-8-7-11(9-15(14)21-19)17-12-5-3-4-6-13(12)18(27)24-23-17/h3-9H,10H2,1-2H3,(H,24,27)(H2,20,21,22,26). The molecule has 0 aliphatic rings. The van der Waals surface area contributed by atoms with E-state index in [2.05, 4.69) is 25.5 Å². The van der Waals surface area contributed by atoms with E-state index in [0.717, 1.165) is 22.0 Å². The Hall–Kier alpha value is -3.52. The Kier molecular flexibility index (Phi) is 4.17. The summed E-state index contributed by atoms with van der Waals surface area (Å²) in [5.41, 5.74) is 2.80. The molecule has 0 aliphatic carbocycles. The number of rotatable bonds is 4. The van der Waals surface area contributed by atoms with Gasteiger partial charge in [0.15, 0.2) is 0 Å². The molecule has 0 saturated carbocycles. The molecule has 27 heavy (non-hydrogen) atoms. The van der Waals surface area contributed by atoms with Crippen molar-refractivity contribution >= 4 is 33.7 Å². The van der Waals surface area contributed by atoms with Crippen LogP contribution in [0, 0.1) is 0 Å². The average molecular weight is 362 g/mol. The Morgan fingerprint density at radius 3 is 2.70 bits per heavy atom. The SMILES string of the molecule is CN(C)CC(=O)Nc1nc2ccc(-c3n[nH]c(=O)c4ccccc34)cc2[nH]1. The van der Waals surface area contributed by atoms with Crippen LogP contribution in [0.15, 0.2) is 47.3 Å². The van der Waals surface area contributed by atoms with Crippen molar-refractivity contribution < 1.29 is 4.79 Å². The van der Waals surface area contributed by atoms with Gasteiger partial charge in [-0.15, -0.1) is 0 Å². The van der Waals surface area contributed by atoms with Gasteiger partial charge in [-0.3, -0.25) is 14.9 Å². The van der Waals surface area contributed by atoms with Crippen LogP contribution in [0.4, 0.5) is 5.95 Å². The molecule has 4 rings (SSSR count). The van der Waals surface area contributed by atoms with E-state index >= 15 is 0 Å². The molecule has 3 N–H and O–H groups in total. The first-order valence-corrected chi connectivity index (χ1v) is 8.43. The summed E-state index contributed by atoms with van der Waals surface area (Å²) < 4.78 is 0. The Bertz CT molecular complexity index is 1210. The van der Waals surface area contributed by atoms with Crippen LogP contribution in [-0.4, -0.2) is 51.6 Å². The first kappa shape index (κ1) is 16.9. The zero-order valence-electron chi connectivity index (χ0n) is 14.9. The number of carbonyl (C=O) groups excluding carboxylic acids is 1. The van der Waals surface area contributed by atoms with Crippen molar-refractivity contribution in [2.75, 3.05) is 26.0 Å². The van der Waals surface area contributed by atoms with Crippen molar-refractivity contribution in [3.8, 4) is 11.3 Å². The molecule has 2 heterocycles. The smallest absolute Gasteiger partial charge is 0.272 e. The van der Waals surface area contributed by atoms with Gasteiger partial charge in [0, 0.05) is 10.9 Å². The van der Waals surface area contributed by atoms with E-state index in [9.17, 15) is 9.59 Å². The summed E-state index contributed by atoms with van der Waals surface area (Å²) in [7, 11) is 3.65. The minimum Gasteiger partial charge on any atom is -0.324 e. The van der Waals surface area contributed by atoms with Crippen LogP contribution < -0.4 is 10.9 Å². The van der Waals surface area contributed by atoms with E-state index in [1.54, 1.807) is 11.0 Å². The fourth-order valence-corrected chi connectivity index (χ4v) is 3.01. The fourth-order valence-electron chi connectivity index (χ4n) is 3.01. The molecular weight excluding hydrogens is 344 g/mol. The number of nitrogens with one attached hydrogen (secondary N) is 3. The minimum atomic E-state index is -0.220. The number of anilines is 1. The molecule has 136 valence electrons. The van der Waals surface area contributed by atoms with Crippen LogP contribution in [0.3, 0.4) is 0 Å². The molecule has 4 aromatic rings. The zero-order chi connectivity index (χ0) is 19.0. The molecule has 0 bridgehead atoms. The van der Waals surface area contributed by atoms with Gasteiger partial charge < -0.3 is 9.88 Å². The number of fused-ring (bicyclic) bond motifs is 2. The van der Waals surface area contributed by atoms with Crippen LogP contribution in [0.1, 0.15) is 0 Å². The first-order chi connectivity index (χ1) is 13.0. The van der Waals surface area contributed by atoms with Gasteiger partial charge in [-0.05, 0) is 32.3 Å². The van der Waals surface area contributed by atoms with Crippen molar-refractivity contribution in [2.24, 2.45) is 0 Å². The monoisotopic (exact) mass is 362 g/mol. The third-order valence-electron chi connectivity index (χ3n) is 4.17. The highest BCUT2D eigenvalue weighted by molar-refractivity contribution is 5.96. The number of benzene rings is 2. The summed E-state index contributed by atoms with van der Waals surface area (Å²) in [4.78, 5) is 33.2. The van der Waals surface area contributed by atoms with Gasteiger partial charge in [-0.25, -0.2) is 10.1 Å². The maximum atomic E-state index is 12.0. The number of amides is 1. The van der Waals surface area contributed by atoms with Crippen LogP contribution in [0.25, 0.3) is 33.1 Å². The second kappa shape index (κ2) is 6.65. The molecule has 8 heteroatoms. The van der Waals surface area contributed by atoms with Gasteiger partial charge in [0.1, 0.15) is 0 Å². The Morgan fingerprint density at radius 2 is 1.93 bits per heavy atom. The molecule has 0 saturated heterocycles. The van der Waals surface area contributed by atoms with E-state index in [1.165, 1.54) is 0 Å². The van der Waals surface area contributed by atoms with Crippen molar-refractivity contribution in [3.05, 3.63) is 52.8 Å². The quantitative estimate of drug-likeness (QED) is 0.514. The number of imidazole rings is 1. The maximum absolute atomic E-state index is 12.0. The Morgan fingerprint density at radius 1 is 1.15 bits per heavy atom. The highest BCUT2D eigenvalue weighted by atomic mass is 16.2. The average Bonchev–Trinajstić information content (AvgIpc) is 3.02. The lowest BCUT2D eigenvalue weighted by Crippen LogP contribution is -2.27. The van der Waals surface area contributed by atoms with Gasteiger partial charge in [-0.2, -0.15) is 5.10 Å². The van der Waals surface area contributed by atoms with Gasteiger partial charge in [0.25, 0.3) is 5.56 Å². The zero-order valence-corrected chi connectivity index (χ0v) is 14.9. The fraction of sp³-hybridized carbons (Fsp3) is 0.158. The molecule has 0 spiro atoms. The Labute approximate surface area is 154 Å². The van der Waals surface area contributed by atoms with Crippen molar-refractivity contribution in [1.82, 2.24) is 25.1 Å². The number of carbonyl (C=O) groups is 1. The summed E-state index contributed by atoms with van der Waals surface area (Å²) >= 11 is 0. The van der Waals surface area contributed by atoms with E-state index in [0.29, 0.717) is 17.0 Å². The molecule has 8 nitrogen and oxygen atoms in total. The lowest BCUT2D eigenvalue weighted by molar-refractivity contribution is -0.116. The summed E-state index contributed by atoms with van der Waals surface area (Å²) in [6.07, 6.45) is 0. The summed E-state index contributed by atoms with van der Waals surface area (Å²) in [5.74, 6) is 0.251. The van der Waals surface area contributed by atoms with Crippen LogP contribution >= 0.6 is 0 Å². The second-order valence-corrected chi connectivity index (χ2v) is 6.55. The summed E-state index contributed by atoms with van der Waals surface area (Å²) in [6.45, 7) is 0.273. The molecule has 0 radical (unpaired) electrons. The first-order valence-electron chi connectivity index (χ1n) is 8.43. The van der Waals surface area contributed by atoms with Gasteiger partial charge >= 0.3 is 0 Å². The molecular formula is C19H18N6O2. The number of likely N-dealkylation sites (N-methyl/N-ethyl adjacent to an activating group) is 1. The molecule has 0 fully saturated rings. The molecule has 0 unspecified atom stereocenters. The van der Waals surface area contributed by atoms with Gasteiger partial charge in [0.05, 0.1) is 28.7 Å². The normalized spacial score (nSPS) is 11.4. The molecule has 0 aliphatic heterocycles. The molecule has 2 aromatic heterocycles. The third-order valence-corrected chi connectivity index (χ3v) is 4.17. The van der Waals surface area contributed by atoms with E-state index in [-0.39, 0.29) is 18.0 Å². The topological polar surface area (TPSA) is 107 Å². The van der Waals surface area contributed by atoms with E-state index < -0.39 is 0 Å². The van der Waals surface area contributed by atoms with E-state index in [4.69, 9.17) is 0 Å². The van der Waals surface area contributed by atoms with Crippen molar-refractivity contribution in [3.63, 3.8) is 0 Å². The largest absolute Gasteiger partial charge is 0.324 e.